The summed E-state index contributed by atoms with van der Waals surface area (Å²) in [4.78, 5) is 38.4. The van der Waals surface area contributed by atoms with Crippen LogP contribution in [0.2, 0.25) is 0 Å². The number of carbonyl (C=O) groups excluding carboxylic acids is 3. The van der Waals surface area contributed by atoms with Crippen LogP contribution in [0.25, 0.3) is 0 Å². The van der Waals surface area contributed by atoms with Crippen LogP contribution in [-0.2, 0) is 28.6 Å². The molecule has 0 saturated carbocycles. The molecule has 0 rings (SSSR count). The Morgan fingerprint density at radius 1 is 0.253 bits per heavy atom. The Morgan fingerprint density at radius 3 is 0.759 bits per heavy atom. The third kappa shape index (κ3) is 69.3. The maximum atomic E-state index is 12.9. The van der Waals surface area contributed by atoms with Crippen molar-refractivity contribution >= 4 is 17.9 Å². The summed E-state index contributed by atoms with van der Waals surface area (Å²) in [6, 6.07) is 0. The molecule has 0 aliphatic heterocycles. The van der Waals surface area contributed by atoms with Gasteiger partial charge in [-0.3, -0.25) is 14.4 Å². The van der Waals surface area contributed by atoms with Crippen LogP contribution in [-0.4, -0.2) is 37.2 Å². The molecule has 0 radical (unpaired) electrons. The second kappa shape index (κ2) is 71.1. The van der Waals surface area contributed by atoms with E-state index >= 15 is 0 Å². The smallest absolute Gasteiger partial charge is 0.306 e. The van der Waals surface area contributed by atoms with Crippen LogP contribution in [0.15, 0.2) is 85.1 Å². The van der Waals surface area contributed by atoms with Gasteiger partial charge < -0.3 is 14.2 Å². The van der Waals surface area contributed by atoms with Crippen LogP contribution in [0.5, 0.6) is 0 Å². The molecule has 0 aromatic rings. The maximum absolute atomic E-state index is 12.9. The SMILES string of the molecule is CC/C=C\C/C=C\C/C=C\C/C=C\C/C=C\CCCCCC(=O)OC(COC(=O)CCCCCCC/C=C\C/C=C\CCCCCC)COC(=O)CCCCCCCCCCCCCCCCCCCCCCCCCCCCCCCC. The highest BCUT2D eigenvalue weighted by molar-refractivity contribution is 5.71. The molecule has 480 valence electrons. The van der Waals surface area contributed by atoms with E-state index in [9.17, 15) is 14.4 Å². The van der Waals surface area contributed by atoms with Crippen LogP contribution >= 0.6 is 0 Å². The molecule has 0 saturated heterocycles. The fraction of sp³-hybridized carbons (Fsp3) is 0.779. The van der Waals surface area contributed by atoms with E-state index in [0.29, 0.717) is 12.8 Å². The van der Waals surface area contributed by atoms with E-state index in [1.165, 1.54) is 205 Å². The third-order valence-corrected chi connectivity index (χ3v) is 15.9. The van der Waals surface area contributed by atoms with E-state index in [1.54, 1.807) is 0 Å². The molecule has 1 atom stereocenters. The zero-order valence-corrected chi connectivity index (χ0v) is 55.2. The number of hydrogen-bond acceptors (Lipinski definition) is 6. The number of unbranched alkanes of at least 4 members (excludes halogenated alkanes) is 41. The maximum Gasteiger partial charge on any atom is 0.306 e. The molecule has 0 aromatic heterocycles. The van der Waals surface area contributed by atoms with Gasteiger partial charge >= 0.3 is 17.9 Å². The zero-order valence-electron chi connectivity index (χ0n) is 55.2. The molecule has 0 fully saturated rings. The number of rotatable bonds is 66. The van der Waals surface area contributed by atoms with Gasteiger partial charge in [-0.25, -0.2) is 0 Å². The average molecular weight is 1160 g/mol. The topological polar surface area (TPSA) is 78.9 Å². The molecule has 6 nitrogen and oxygen atoms in total. The summed E-state index contributed by atoms with van der Waals surface area (Å²) >= 11 is 0. The van der Waals surface area contributed by atoms with Gasteiger partial charge in [0.2, 0.25) is 0 Å². The van der Waals surface area contributed by atoms with E-state index in [2.05, 4.69) is 106 Å². The van der Waals surface area contributed by atoms with E-state index in [-0.39, 0.29) is 37.5 Å². The lowest BCUT2D eigenvalue weighted by Gasteiger charge is -2.18. The Labute approximate surface area is 515 Å². The molecule has 1 unspecified atom stereocenters. The summed E-state index contributed by atoms with van der Waals surface area (Å²) in [6.45, 7) is 6.52. The van der Waals surface area contributed by atoms with Crippen LogP contribution in [0.1, 0.15) is 367 Å². The van der Waals surface area contributed by atoms with Gasteiger partial charge in [0.25, 0.3) is 0 Å². The summed E-state index contributed by atoms with van der Waals surface area (Å²) in [5, 5.41) is 0. The highest BCUT2D eigenvalue weighted by Crippen LogP contribution is 2.18. The second-order valence-electron chi connectivity index (χ2n) is 24.1. The minimum Gasteiger partial charge on any atom is -0.462 e. The average Bonchev–Trinajstić information content (AvgIpc) is 3.49. The van der Waals surface area contributed by atoms with Gasteiger partial charge in [0, 0.05) is 19.3 Å². The van der Waals surface area contributed by atoms with Gasteiger partial charge in [-0.1, -0.05) is 337 Å². The number of esters is 3. The Hall–Kier alpha value is -3.41. The highest BCUT2D eigenvalue weighted by Gasteiger charge is 2.19. The summed E-state index contributed by atoms with van der Waals surface area (Å²) in [7, 11) is 0. The summed E-state index contributed by atoms with van der Waals surface area (Å²) in [5.74, 6) is -0.921. The third-order valence-electron chi connectivity index (χ3n) is 15.9. The van der Waals surface area contributed by atoms with Crippen LogP contribution in [0.3, 0.4) is 0 Å². The van der Waals surface area contributed by atoms with E-state index in [1.807, 2.05) is 0 Å². The first kappa shape index (κ1) is 79.6. The lowest BCUT2D eigenvalue weighted by Crippen LogP contribution is -2.30. The normalized spacial score (nSPS) is 12.6. The summed E-state index contributed by atoms with van der Waals surface area (Å²) in [6.07, 6.45) is 94.8. The van der Waals surface area contributed by atoms with Crippen molar-refractivity contribution in [3.05, 3.63) is 85.1 Å². The van der Waals surface area contributed by atoms with E-state index < -0.39 is 6.10 Å². The first-order valence-corrected chi connectivity index (χ1v) is 36.1. The predicted octanol–water partition coefficient (Wildman–Crippen LogP) is 25.0. The minimum atomic E-state index is -0.801. The van der Waals surface area contributed by atoms with Crippen molar-refractivity contribution in [2.24, 2.45) is 0 Å². The summed E-state index contributed by atoms with van der Waals surface area (Å²) < 4.78 is 16.9. The first-order valence-electron chi connectivity index (χ1n) is 36.1. The van der Waals surface area contributed by atoms with Gasteiger partial charge in [0.1, 0.15) is 13.2 Å². The van der Waals surface area contributed by atoms with Crippen molar-refractivity contribution in [3.8, 4) is 0 Å². The molecule has 0 spiro atoms. The Morgan fingerprint density at radius 2 is 0.470 bits per heavy atom. The number of allylic oxidation sites excluding steroid dienone is 14. The quantitative estimate of drug-likeness (QED) is 0.0261. The van der Waals surface area contributed by atoms with Crippen molar-refractivity contribution in [2.45, 2.75) is 374 Å². The Kier molecular flexibility index (Phi) is 68.2. The first-order chi connectivity index (χ1) is 41.0. The van der Waals surface area contributed by atoms with Crippen LogP contribution < -0.4 is 0 Å². The molecule has 0 bridgehead atoms. The zero-order chi connectivity index (χ0) is 59.9. The molecule has 0 amide bonds. The molecule has 0 heterocycles. The lowest BCUT2D eigenvalue weighted by molar-refractivity contribution is -0.167. The van der Waals surface area contributed by atoms with Gasteiger partial charge in [-0.2, -0.15) is 0 Å². The molecular weight excluding hydrogens is 1020 g/mol. The van der Waals surface area contributed by atoms with Crippen molar-refractivity contribution < 1.29 is 28.6 Å². The van der Waals surface area contributed by atoms with Crippen LogP contribution in [0, 0.1) is 0 Å². The molecule has 83 heavy (non-hydrogen) atoms. The van der Waals surface area contributed by atoms with Gasteiger partial charge in [-0.15, -0.1) is 0 Å². The predicted molar refractivity (Wildman–Crippen MR) is 362 cm³/mol. The fourth-order valence-electron chi connectivity index (χ4n) is 10.5. The monoisotopic (exact) mass is 1160 g/mol. The number of carbonyl (C=O) groups is 3. The van der Waals surface area contributed by atoms with E-state index in [0.717, 1.165) is 122 Å². The fourth-order valence-corrected chi connectivity index (χ4v) is 10.5. The van der Waals surface area contributed by atoms with Crippen molar-refractivity contribution in [2.75, 3.05) is 13.2 Å². The van der Waals surface area contributed by atoms with Gasteiger partial charge in [0.15, 0.2) is 6.10 Å². The number of ether oxygens (including phenoxy) is 3. The minimum absolute atomic E-state index is 0.0920. The molecule has 0 aliphatic rings. The van der Waals surface area contributed by atoms with Crippen molar-refractivity contribution in [1.29, 1.82) is 0 Å². The molecular formula is C77H136O6. The highest BCUT2D eigenvalue weighted by atomic mass is 16.6. The largest absolute Gasteiger partial charge is 0.462 e. The van der Waals surface area contributed by atoms with Crippen molar-refractivity contribution in [1.82, 2.24) is 0 Å². The van der Waals surface area contributed by atoms with Crippen molar-refractivity contribution in [3.63, 3.8) is 0 Å². The lowest BCUT2D eigenvalue weighted by atomic mass is 10.0. The summed E-state index contributed by atoms with van der Waals surface area (Å²) in [5.41, 5.74) is 0. The Bertz CT molecular complexity index is 1570. The van der Waals surface area contributed by atoms with Crippen LogP contribution in [0.4, 0.5) is 0 Å². The standard InChI is InChI=1S/C77H136O6/c1-4-7-10-13-16-19-22-25-28-31-33-34-35-36-37-38-39-40-41-42-43-45-46-49-52-55-58-61-64-67-70-76(79)82-73-74(72-81-75(78)69-66-63-60-57-54-51-48-30-27-24-21-18-15-12-9-6-3)83-77(80)71-68-65-62-59-56-53-50-47-44-32-29-26-23-20-17-14-11-8-5-2/h8,11,17,20-21,24,26,29-30,44,47-48,53,56,74H,4-7,9-10,12-16,18-19,22-23,25,27-28,31-43,45-46,49-52,54-55,57-73H2,1-3H3/b11-8-,20-17-,24-21-,29-26-,47-44-,48-30-,56-53-. The van der Waals surface area contributed by atoms with E-state index in [4.69, 9.17) is 14.2 Å². The molecule has 0 aliphatic carbocycles. The van der Waals surface area contributed by atoms with Gasteiger partial charge in [0.05, 0.1) is 0 Å². The Balaban J connectivity index is 4.28. The molecule has 0 N–H and O–H groups in total. The molecule has 6 heteroatoms. The molecule has 0 aromatic carbocycles. The van der Waals surface area contributed by atoms with Gasteiger partial charge in [-0.05, 0) is 96.3 Å². The second-order valence-corrected chi connectivity index (χ2v) is 24.1. The number of hydrogen-bond donors (Lipinski definition) is 0.